The van der Waals surface area contributed by atoms with Crippen molar-refractivity contribution in [3.63, 3.8) is 0 Å². The molecule has 0 bridgehead atoms. The third-order valence-electron chi connectivity index (χ3n) is 2.86. The van der Waals surface area contributed by atoms with Crippen molar-refractivity contribution in [1.82, 2.24) is 4.90 Å². The van der Waals surface area contributed by atoms with E-state index >= 15 is 0 Å². The van der Waals surface area contributed by atoms with E-state index in [4.69, 9.17) is 4.74 Å². The summed E-state index contributed by atoms with van der Waals surface area (Å²) in [5.74, 6) is -0.0919. The third kappa shape index (κ3) is 3.84. The maximum Gasteiger partial charge on any atom is 0.250 e. The molecule has 1 unspecified atom stereocenters. The van der Waals surface area contributed by atoms with Crippen LogP contribution in [0, 0.1) is 0 Å². The van der Waals surface area contributed by atoms with Crippen LogP contribution in [0.4, 0.5) is 5.69 Å². The lowest BCUT2D eigenvalue weighted by molar-refractivity contribution is -0.122. The molecule has 1 aromatic rings. The normalized spacial score (nSPS) is 20.4. The molecule has 1 fully saturated rings. The van der Waals surface area contributed by atoms with Crippen LogP contribution in [0.25, 0.3) is 0 Å². The van der Waals surface area contributed by atoms with E-state index in [1.807, 2.05) is 30.3 Å². The first kappa shape index (κ1) is 12.1. The SMILES string of the molecule is CN1CCC(OCC(=O)Nc2ccccc2)C1. The molecule has 0 aliphatic carbocycles. The number of likely N-dealkylation sites (tertiary alicyclic amines) is 1. The Hall–Kier alpha value is -1.39. The van der Waals surface area contributed by atoms with Crippen molar-refractivity contribution in [3.8, 4) is 0 Å². The maximum atomic E-state index is 11.6. The standard InChI is InChI=1S/C13H18N2O2/c1-15-8-7-12(9-15)17-10-13(16)14-11-5-3-2-4-6-11/h2-6,12H,7-10H2,1H3,(H,14,16). The summed E-state index contributed by atoms with van der Waals surface area (Å²) in [4.78, 5) is 13.8. The second-order valence-electron chi connectivity index (χ2n) is 4.40. The Labute approximate surface area is 102 Å². The van der Waals surface area contributed by atoms with Gasteiger partial charge < -0.3 is 15.0 Å². The average Bonchev–Trinajstić information content (AvgIpc) is 2.74. The van der Waals surface area contributed by atoms with E-state index in [9.17, 15) is 4.79 Å². The molecule has 4 heteroatoms. The van der Waals surface area contributed by atoms with Gasteiger partial charge in [0.05, 0.1) is 6.10 Å². The number of benzene rings is 1. The molecule has 1 atom stereocenters. The van der Waals surface area contributed by atoms with Crippen molar-refractivity contribution in [2.24, 2.45) is 0 Å². The number of nitrogens with zero attached hydrogens (tertiary/aromatic N) is 1. The third-order valence-corrected chi connectivity index (χ3v) is 2.86. The lowest BCUT2D eigenvalue weighted by Crippen LogP contribution is -2.25. The number of amides is 1. The van der Waals surface area contributed by atoms with Gasteiger partial charge in [-0.15, -0.1) is 0 Å². The minimum Gasteiger partial charge on any atom is -0.367 e. The molecule has 1 saturated heterocycles. The van der Waals surface area contributed by atoms with Crippen molar-refractivity contribution in [1.29, 1.82) is 0 Å². The fourth-order valence-corrected chi connectivity index (χ4v) is 1.94. The molecule has 1 amide bonds. The molecular weight excluding hydrogens is 216 g/mol. The van der Waals surface area contributed by atoms with Crippen LogP contribution < -0.4 is 5.32 Å². The van der Waals surface area contributed by atoms with Crippen LogP contribution in [0.1, 0.15) is 6.42 Å². The molecule has 1 aliphatic rings. The molecule has 0 spiro atoms. The van der Waals surface area contributed by atoms with Gasteiger partial charge in [0, 0.05) is 18.8 Å². The van der Waals surface area contributed by atoms with Gasteiger partial charge in [0.1, 0.15) is 6.61 Å². The summed E-state index contributed by atoms with van der Waals surface area (Å²) >= 11 is 0. The van der Waals surface area contributed by atoms with Gasteiger partial charge in [-0.3, -0.25) is 4.79 Å². The molecule has 1 aromatic carbocycles. The van der Waals surface area contributed by atoms with Crippen molar-refractivity contribution in [2.75, 3.05) is 32.1 Å². The van der Waals surface area contributed by atoms with E-state index in [0.29, 0.717) is 0 Å². The molecule has 0 saturated carbocycles. The molecule has 0 aromatic heterocycles. The fourth-order valence-electron chi connectivity index (χ4n) is 1.94. The Morgan fingerprint density at radius 2 is 2.24 bits per heavy atom. The van der Waals surface area contributed by atoms with Gasteiger partial charge in [0.15, 0.2) is 0 Å². The number of likely N-dealkylation sites (N-methyl/N-ethyl adjacent to an activating group) is 1. The monoisotopic (exact) mass is 234 g/mol. The van der Waals surface area contributed by atoms with Crippen molar-refractivity contribution in [3.05, 3.63) is 30.3 Å². The first-order valence-corrected chi connectivity index (χ1v) is 5.89. The number of ether oxygens (including phenoxy) is 1. The van der Waals surface area contributed by atoms with Gasteiger partial charge in [-0.1, -0.05) is 18.2 Å². The van der Waals surface area contributed by atoms with Crippen molar-refractivity contribution in [2.45, 2.75) is 12.5 Å². The number of para-hydroxylation sites is 1. The molecule has 1 N–H and O–H groups in total. The zero-order chi connectivity index (χ0) is 12.1. The molecule has 1 aliphatic heterocycles. The largest absolute Gasteiger partial charge is 0.367 e. The number of nitrogens with one attached hydrogen (secondary N) is 1. The van der Waals surface area contributed by atoms with Gasteiger partial charge in [-0.25, -0.2) is 0 Å². The predicted octanol–water partition coefficient (Wildman–Crippen LogP) is 1.35. The van der Waals surface area contributed by atoms with Crippen LogP contribution in [-0.4, -0.2) is 43.7 Å². The summed E-state index contributed by atoms with van der Waals surface area (Å²) in [6.45, 7) is 2.09. The zero-order valence-corrected chi connectivity index (χ0v) is 10.1. The minimum atomic E-state index is -0.0919. The van der Waals surface area contributed by atoms with Gasteiger partial charge in [-0.05, 0) is 25.6 Å². The highest BCUT2D eigenvalue weighted by Crippen LogP contribution is 2.10. The number of carbonyl (C=O) groups is 1. The highest BCUT2D eigenvalue weighted by Gasteiger charge is 2.20. The maximum absolute atomic E-state index is 11.6. The first-order chi connectivity index (χ1) is 8.24. The Kier molecular flexibility index (Phi) is 4.12. The Morgan fingerprint density at radius 3 is 2.88 bits per heavy atom. The van der Waals surface area contributed by atoms with Crippen LogP contribution in [0.3, 0.4) is 0 Å². The first-order valence-electron chi connectivity index (χ1n) is 5.89. The predicted molar refractivity (Wildman–Crippen MR) is 66.9 cm³/mol. The Morgan fingerprint density at radius 1 is 1.47 bits per heavy atom. The number of rotatable bonds is 4. The summed E-state index contributed by atoms with van der Waals surface area (Å²) < 4.78 is 5.55. The molecule has 2 rings (SSSR count). The van der Waals surface area contributed by atoms with E-state index in [0.717, 1.165) is 25.2 Å². The molecule has 1 heterocycles. The van der Waals surface area contributed by atoms with Crippen LogP contribution in [0.5, 0.6) is 0 Å². The number of carbonyl (C=O) groups excluding carboxylic acids is 1. The molecular formula is C13H18N2O2. The van der Waals surface area contributed by atoms with E-state index < -0.39 is 0 Å². The lowest BCUT2D eigenvalue weighted by Gasteiger charge is -2.12. The van der Waals surface area contributed by atoms with Crippen molar-refractivity contribution >= 4 is 11.6 Å². The molecule has 4 nitrogen and oxygen atoms in total. The van der Waals surface area contributed by atoms with Crippen molar-refractivity contribution < 1.29 is 9.53 Å². The van der Waals surface area contributed by atoms with Crippen LogP contribution >= 0.6 is 0 Å². The molecule has 92 valence electrons. The number of hydrogen-bond acceptors (Lipinski definition) is 3. The zero-order valence-electron chi connectivity index (χ0n) is 10.1. The summed E-state index contributed by atoms with van der Waals surface area (Å²) in [7, 11) is 2.06. The smallest absolute Gasteiger partial charge is 0.250 e. The topological polar surface area (TPSA) is 41.6 Å². The van der Waals surface area contributed by atoms with Crippen LogP contribution in [0.2, 0.25) is 0 Å². The van der Waals surface area contributed by atoms with E-state index in [1.54, 1.807) is 0 Å². The Bertz CT molecular complexity index is 367. The summed E-state index contributed by atoms with van der Waals surface area (Å²) in [5, 5.41) is 2.80. The van der Waals surface area contributed by atoms with Crippen LogP contribution in [0.15, 0.2) is 30.3 Å². The summed E-state index contributed by atoms with van der Waals surface area (Å²) in [6, 6.07) is 9.42. The minimum absolute atomic E-state index is 0.0919. The fraction of sp³-hybridized carbons (Fsp3) is 0.462. The van der Waals surface area contributed by atoms with Gasteiger partial charge in [-0.2, -0.15) is 0 Å². The summed E-state index contributed by atoms with van der Waals surface area (Å²) in [6.07, 6.45) is 1.20. The van der Waals surface area contributed by atoms with E-state index in [2.05, 4.69) is 17.3 Å². The highest BCUT2D eigenvalue weighted by molar-refractivity contribution is 5.91. The van der Waals surface area contributed by atoms with Gasteiger partial charge in [0.25, 0.3) is 0 Å². The summed E-state index contributed by atoms with van der Waals surface area (Å²) in [5.41, 5.74) is 0.810. The quantitative estimate of drug-likeness (QED) is 0.855. The van der Waals surface area contributed by atoms with Gasteiger partial charge >= 0.3 is 0 Å². The second-order valence-corrected chi connectivity index (χ2v) is 4.40. The molecule has 17 heavy (non-hydrogen) atoms. The Balaban J connectivity index is 1.71. The highest BCUT2D eigenvalue weighted by atomic mass is 16.5. The van der Waals surface area contributed by atoms with E-state index in [-0.39, 0.29) is 18.6 Å². The van der Waals surface area contributed by atoms with E-state index in [1.165, 1.54) is 0 Å². The average molecular weight is 234 g/mol. The molecule has 0 radical (unpaired) electrons. The lowest BCUT2D eigenvalue weighted by atomic mass is 10.3. The van der Waals surface area contributed by atoms with Crippen LogP contribution in [-0.2, 0) is 9.53 Å². The number of hydrogen-bond donors (Lipinski definition) is 1. The van der Waals surface area contributed by atoms with Gasteiger partial charge in [0.2, 0.25) is 5.91 Å². The second kappa shape index (κ2) is 5.80. The number of anilines is 1.